The first-order chi connectivity index (χ1) is 8.90. The third-order valence-electron chi connectivity index (χ3n) is 3.24. The fraction of sp³-hybridized carbons (Fsp3) is 0.533. The number of carbonyl (C=O) groups is 1. The lowest BCUT2D eigenvalue weighted by atomic mass is 10.0. The molecule has 0 spiro atoms. The van der Waals surface area contributed by atoms with Gasteiger partial charge in [-0.2, -0.15) is 0 Å². The molecule has 4 N–H and O–H groups in total. The number of phenols is 1. The van der Waals surface area contributed by atoms with Gasteiger partial charge in [-0.25, -0.2) is 0 Å². The molecule has 0 bridgehead atoms. The van der Waals surface area contributed by atoms with Gasteiger partial charge in [-0.15, -0.1) is 0 Å². The van der Waals surface area contributed by atoms with Gasteiger partial charge in [0.1, 0.15) is 5.75 Å². The molecule has 1 amide bonds. The van der Waals surface area contributed by atoms with E-state index in [1.807, 2.05) is 26.0 Å². The Bertz CT molecular complexity index is 401. The van der Waals surface area contributed by atoms with E-state index in [2.05, 4.69) is 12.2 Å². The van der Waals surface area contributed by atoms with E-state index in [4.69, 9.17) is 5.73 Å². The number of nitrogens with two attached hydrogens (primary N) is 1. The van der Waals surface area contributed by atoms with E-state index in [9.17, 15) is 9.90 Å². The van der Waals surface area contributed by atoms with E-state index < -0.39 is 0 Å². The van der Waals surface area contributed by atoms with Crippen LogP contribution in [0.5, 0.6) is 5.75 Å². The van der Waals surface area contributed by atoms with Crippen LogP contribution in [-0.2, 0) is 11.2 Å². The first kappa shape index (κ1) is 15.5. The number of primary amides is 1. The van der Waals surface area contributed by atoms with Crippen LogP contribution in [0.25, 0.3) is 0 Å². The maximum atomic E-state index is 11.3. The molecule has 4 nitrogen and oxygen atoms in total. The molecular formula is C15H24N2O2. The first-order valence-electron chi connectivity index (χ1n) is 6.73. The van der Waals surface area contributed by atoms with Gasteiger partial charge in [-0.1, -0.05) is 26.0 Å². The summed E-state index contributed by atoms with van der Waals surface area (Å²) in [4.78, 5) is 11.3. The number of hydrogen-bond donors (Lipinski definition) is 3. The number of nitrogens with one attached hydrogen (secondary N) is 1. The summed E-state index contributed by atoms with van der Waals surface area (Å²) in [6.45, 7) is 6.02. The Hall–Kier alpha value is -1.55. The minimum atomic E-state index is -0.300. The zero-order valence-electron chi connectivity index (χ0n) is 11.9. The summed E-state index contributed by atoms with van der Waals surface area (Å²) in [6.07, 6.45) is 1.82. The molecule has 19 heavy (non-hydrogen) atoms. The maximum absolute atomic E-state index is 11.3. The zero-order chi connectivity index (χ0) is 14.4. The average molecular weight is 264 g/mol. The number of aromatic hydroxyl groups is 1. The molecule has 1 rings (SSSR count). The second-order valence-corrected chi connectivity index (χ2v) is 5.40. The summed E-state index contributed by atoms with van der Waals surface area (Å²) in [5, 5.41) is 12.5. The van der Waals surface area contributed by atoms with Crippen molar-refractivity contribution in [3.63, 3.8) is 0 Å². The van der Waals surface area contributed by atoms with Crippen LogP contribution in [0.3, 0.4) is 0 Å². The lowest BCUT2D eigenvalue weighted by Crippen LogP contribution is -2.48. The molecule has 0 saturated carbocycles. The maximum Gasteiger partial charge on any atom is 0.234 e. The standard InChI is InChI=1S/C15H24N2O2/c1-10(2)14(15(16)19)17-11(3)4-5-12-6-8-13(18)9-7-12/h6-11,14,17-18H,4-5H2,1-3H3,(H2,16,19). The Balaban J connectivity index is 2.44. The fourth-order valence-electron chi connectivity index (χ4n) is 2.04. The zero-order valence-corrected chi connectivity index (χ0v) is 11.9. The molecule has 0 radical (unpaired) electrons. The topological polar surface area (TPSA) is 75.3 Å². The number of amides is 1. The summed E-state index contributed by atoms with van der Waals surface area (Å²) in [7, 11) is 0. The largest absolute Gasteiger partial charge is 0.508 e. The summed E-state index contributed by atoms with van der Waals surface area (Å²) < 4.78 is 0. The van der Waals surface area contributed by atoms with Gasteiger partial charge in [-0.3, -0.25) is 4.79 Å². The third-order valence-corrected chi connectivity index (χ3v) is 3.24. The summed E-state index contributed by atoms with van der Waals surface area (Å²) in [5.41, 5.74) is 6.55. The van der Waals surface area contributed by atoms with Crippen molar-refractivity contribution < 1.29 is 9.90 Å². The number of hydrogen-bond acceptors (Lipinski definition) is 3. The van der Waals surface area contributed by atoms with E-state index in [1.165, 1.54) is 5.56 Å². The molecule has 2 atom stereocenters. The first-order valence-corrected chi connectivity index (χ1v) is 6.73. The lowest BCUT2D eigenvalue weighted by Gasteiger charge is -2.23. The molecule has 2 unspecified atom stereocenters. The molecule has 0 saturated heterocycles. The van der Waals surface area contributed by atoms with E-state index in [1.54, 1.807) is 12.1 Å². The van der Waals surface area contributed by atoms with Crippen molar-refractivity contribution in [2.24, 2.45) is 11.7 Å². The van der Waals surface area contributed by atoms with Crippen LogP contribution in [0.15, 0.2) is 24.3 Å². The molecule has 1 aromatic carbocycles. The van der Waals surface area contributed by atoms with Gasteiger partial charge >= 0.3 is 0 Å². The van der Waals surface area contributed by atoms with Crippen LogP contribution in [0, 0.1) is 5.92 Å². The highest BCUT2D eigenvalue weighted by molar-refractivity contribution is 5.80. The minimum Gasteiger partial charge on any atom is -0.508 e. The average Bonchev–Trinajstić information content (AvgIpc) is 2.34. The van der Waals surface area contributed by atoms with Gasteiger partial charge in [0.05, 0.1) is 6.04 Å². The van der Waals surface area contributed by atoms with Gasteiger partial charge in [0, 0.05) is 6.04 Å². The number of benzene rings is 1. The monoisotopic (exact) mass is 264 g/mol. The third kappa shape index (κ3) is 5.30. The Morgan fingerprint density at radius 3 is 2.32 bits per heavy atom. The van der Waals surface area contributed by atoms with Crippen LogP contribution in [-0.4, -0.2) is 23.1 Å². The molecule has 106 valence electrons. The van der Waals surface area contributed by atoms with E-state index in [0.29, 0.717) is 0 Å². The molecular weight excluding hydrogens is 240 g/mol. The van der Waals surface area contributed by atoms with Crippen molar-refractivity contribution in [2.45, 2.75) is 45.7 Å². The lowest BCUT2D eigenvalue weighted by molar-refractivity contribution is -0.121. The summed E-state index contributed by atoms with van der Waals surface area (Å²) in [6, 6.07) is 7.14. The van der Waals surface area contributed by atoms with Crippen molar-refractivity contribution in [3.8, 4) is 5.75 Å². The summed E-state index contributed by atoms with van der Waals surface area (Å²) in [5.74, 6) is 0.170. The molecule has 0 aliphatic rings. The van der Waals surface area contributed by atoms with Crippen molar-refractivity contribution in [2.75, 3.05) is 0 Å². The van der Waals surface area contributed by atoms with Crippen LogP contribution in [0.2, 0.25) is 0 Å². The highest BCUT2D eigenvalue weighted by atomic mass is 16.3. The van der Waals surface area contributed by atoms with Crippen molar-refractivity contribution in [1.29, 1.82) is 0 Å². The molecule has 0 aliphatic carbocycles. The fourth-order valence-corrected chi connectivity index (χ4v) is 2.04. The number of carbonyl (C=O) groups excluding carboxylic acids is 1. The smallest absolute Gasteiger partial charge is 0.234 e. The van der Waals surface area contributed by atoms with E-state index in [0.717, 1.165) is 12.8 Å². The van der Waals surface area contributed by atoms with Crippen molar-refractivity contribution in [3.05, 3.63) is 29.8 Å². The molecule has 0 aliphatic heterocycles. The molecule has 0 fully saturated rings. The van der Waals surface area contributed by atoms with Gasteiger partial charge in [0.2, 0.25) is 5.91 Å². The highest BCUT2D eigenvalue weighted by Crippen LogP contribution is 2.12. The van der Waals surface area contributed by atoms with Crippen LogP contribution < -0.4 is 11.1 Å². The van der Waals surface area contributed by atoms with Gasteiger partial charge < -0.3 is 16.2 Å². The Kier molecular flexibility index (Phi) is 5.83. The Morgan fingerprint density at radius 2 is 1.84 bits per heavy atom. The van der Waals surface area contributed by atoms with Gasteiger partial charge in [0.25, 0.3) is 0 Å². The second kappa shape index (κ2) is 7.14. The predicted molar refractivity (Wildman–Crippen MR) is 76.8 cm³/mol. The highest BCUT2D eigenvalue weighted by Gasteiger charge is 2.20. The van der Waals surface area contributed by atoms with E-state index in [-0.39, 0.29) is 29.7 Å². The van der Waals surface area contributed by atoms with Crippen LogP contribution in [0.4, 0.5) is 0 Å². The van der Waals surface area contributed by atoms with E-state index >= 15 is 0 Å². The van der Waals surface area contributed by atoms with Crippen molar-refractivity contribution in [1.82, 2.24) is 5.32 Å². The normalized spacial score (nSPS) is 14.3. The Labute approximate surface area is 115 Å². The molecule has 4 heteroatoms. The minimum absolute atomic E-state index is 0.189. The van der Waals surface area contributed by atoms with Gasteiger partial charge in [0.15, 0.2) is 0 Å². The van der Waals surface area contributed by atoms with Crippen LogP contribution >= 0.6 is 0 Å². The Morgan fingerprint density at radius 1 is 1.26 bits per heavy atom. The van der Waals surface area contributed by atoms with Crippen molar-refractivity contribution >= 4 is 5.91 Å². The molecule has 1 aromatic rings. The quantitative estimate of drug-likeness (QED) is 0.703. The number of phenolic OH excluding ortho intramolecular Hbond substituents is 1. The SMILES string of the molecule is CC(CCc1ccc(O)cc1)NC(C(N)=O)C(C)C. The predicted octanol–water partition coefficient (Wildman–Crippen LogP) is 1.81. The molecule has 0 heterocycles. The summed E-state index contributed by atoms with van der Waals surface area (Å²) >= 11 is 0. The van der Waals surface area contributed by atoms with Gasteiger partial charge in [-0.05, 0) is 43.4 Å². The number of rotatable bonds is 7. The van der Waals surface area contributed by atoms with Crippen LogP contribution in [0.1, 0.15) is 32.8 Å². The number of aryl methyl sites for hydroxylation is 1. The molecule has 0 aromatic heterocycles. The second-order valence-electron chi connectivity index (χ2n) is 5.40.